The zero-order valence-electron chi connectivity index (χ0n) is 15.1. The van der Waals surface area contributed by atoms with Crippen molar-refractivity contribution in [3.05, 3.63) is 52.5 Å². The van der Waals surface area contributed by atoms with Gasteiger partial charge in [-0.3, -0.25) is 9.69 Å². The molecule has 1 heterocycles. The van der Waals surface area contributed by atoms with Crippen molar-refractivity contribution in [2.45, 2.75) is 25.5 Å². The molecular formula is C20H22Cl2N2O3. The second-order valence-electron chi connectivity index (χ2n) is 6.45. The number of benzene rings is 2. The third kappa shape index (κ3) is 5.51. The standard InChI is InChI=1S/C20H22Cl2N2O3/c1-24(20-13-26-17-6-2-3-7-18(17)27-20)11-5-4-8-19(25)23-14-9-10-15(21)16(22)12-14/h2-3,6-7,9-10,12,20H,4-5,8,11,13H2,1H3,(H,23,25). The number of anilines is 1. The Kier molecular flexibility index (Phi) is 6.83. The van der Waals surface area contributed by atoms with Crippen molar-refractivity contribution >= 4 is 34.8 Å². The molecule has 0 radical (unpaired) electrons. The normalized spacial score (nSPS) is 15.6. The Balaban J connectivity index is 1.37. The number of nitrogens with one attached hydrogen (secondary N) is 1. The molecule has 0 fully saturated rings. The first kappa shape index (κ1) is 19.8. The molecule has 3 rings (SSSR count). The van der Waals surface area contributed by atoms with Gasteiger partial charge in [0.2, 0.25) is 5.91 Å². The Morgan fingerprint density at radius 1 is 1.15 bits per heavy atom. The van der Waals surface area contributed by atoms with Gasteiger partial charge in [0.25, 0.3) is 0 Å². The van der Waals surface area contributed by atoms with E-state index in [-0.39, 0.29) is 12.1 Å². The van der Waals surface area contributed by atoms with Gasteiger partial charge in [-0.15, -0.1) is 0 Å². The Bertz CT molecular complexity index is 801. The average Bonchev–Trinajstić information content (AvgIpc) is 2.67. The molecule has 1 aliphatic rings. The zero-order chi connectivity index (χ0) is 19.2. The molecule has 0 saturated heterocycles. The van der Waals surface area contributed by atoms with Crippen LogP contribution in [0.4, 0.5) is 5.69 Å². The van der Waals surface area contributed by atoms with E-state index >= 15 is 0 Å². The summed E-state index contributed by atoms with van der Waals surface area (Å²) >= 11 is 11.8. The van der Waals surface area contributed by atoms with E-state index in [1.165, 1.54) is 0 Å². The summed E-state index contributed by atoms with van der Waals surface area (Å²) in [6, 6.07) is 12.7. The monoisotopic (exact) mass is 408 g/mol. The summed E-state index contributed by atoms with van der Waals surface area (Å²) in [5.41, 5.74) is 0.651. The molecule has 5 nitrogen and oxygen atoms in total. The number of nitrogens with zero attached hydrogens (tertiary/aromatic N) is 1. The molecule has 0 bridgehead atoms. The number of unbranched alkanes of at least 4 members (excludes halogenated alkanes) is 1. The van der Waals surface area contributed by atoms with Crippen LogP contribution < -0.4 is 14.8 Å². The fraction of sp³-hybridized carbons (Fsp3) is 0.350. The third-order valence-corrected chi connectivity index (χ3v) is 5.09. The van der Waals surface area contributed by atoms with Gasteiger partial charge in [0.15, 0.2) is 17.7 Å². The van der Waals surface area contributed by atoms with Crippen molar-refractivity contribution in [3.63, 3.8) is 0 Å². The predicted octanol–water partition coefficient (Wildman–Crippen LogP) is 4.83. The average molecular weight is 409 g/mol. The summed E-state index contributed by atoms with van der Waals surface area (Å²) in [5, 5.41) is 3.72. The van der Waals surface area contributed by atoms with E-state index in [0.29, 0.717) is 28.8 Å². The van der Waals surface area contributed by atoms with Crippen molar-refractivity contribution < 1.29 is 14.3 Å². The van der Waals surface area contributed by atoms with Gasteiger partial charge in [0.05, 0.1) is 10.0 Å². The summed E-state index contributed by atoms with van der Waals surface area (Å²) < 4.78 is 11.7. The molecule has 27 heavy (non-hydrogen) atoms. The van der Waals surface area contributed by atoms with Gasteiger partial charge in [-0.05, 0) is 50.2 Å². The molecule has 144 valence electrons. The third-order valence-electron chi connectivity index (χ3n) is 4.35. The highest BCUT2D eigenvalue weighted by Gasteiger charge is 2.23. The van der Waals surface area contributed by atoms with Crippen LogP contribution in [-0.2, 0) is 4.79 Å². The molecule has 0 spiro atoms. The first-order chi connectivity index (χ1) is 13.0. The number of amides is 1. The highest BCUT2D eigenvalue weighted by Crippen LogP contribution is 2.31. The maximum Gasteiger partial charge on any atom is 0.224 e. The van der Waals surface area contributed by atoms with Gasteiger partial charge in [-0.1, -0.05) is 35.3 Å². The van der Waals surface area contributed by atoms with Gasteiger partial charge >= 0.3 is 0 Å². The number of hydrogen-bond acceptors (Lipinski definition) is 4. The predicted molar refractivity (Wildman–Crippen MR) is 108 cm³/mol. The van der Waals surface area contributed by atoms with Crippen LogP contribution in [0.25, 0.3) is 0 Å². The molecule has 1 atom stereocenters. The molecular weight excluding hydrogens is 387 g/mol. The minimum absolute atomic E-state index is 0.0396. The van der Waals surface area contributed by atoms with Crippen LogP contribution in [0.5, 0.6) is 11.5 Å². The van der Waals surface area contributed by atoms with E-state index < -0.39 is 0 Å². The van der Waals surface area contributed by atoms with Crippen LogP contribution in [0.3, 0.4) is 0 Å². The maximum atomic E-state index is 12.0. The van der Waals surface area contributed by atoms with Crippen LogP contribution >= 0.6 is 23.2 Å². The maximum absolute atomic E-state index is 12.0. The van der Waals surface area contributed by atoms with Crippen LogP contribution in [-0.4, -0.2) is 37.2 Å². The van der Waals surface area contributed by atoms with Crippen LogP contribution in [0.1, 0.15) is 19.3 Å². The second-order valence-corrected chi connectivity index (χ2v) is 7.26. The van der Waals surface area contributed by atoms with Gasteiger partial charge in [-0.25, -0.2) is 0 Å². The Hall–Kier alpha value is -1.95. The fourth-order valence-electron chi connectivity index (χ4n) is 2.81. The molecule has 2 aromatic carbocycles. The first-order valence-corrected chi connectivity index (χ1v) is 9.62. The molecule has 0 aromatic heterocycles. The fourth-order valence-corrected chi connectivity index (χ4v) is 3.11. The topological polar surface area (TPSA) is 50.8 Å². The number of carbonyl (C=O) groups excluding carboxylic acids is 1. The van der Waals surface area contributed by atoms with E-state index in [1.807, 2.05) is 31.3 Å². The molecule has 0 saturated carbocycles. The number of carbonyl (C=O) groups is 1. The molecule has 1 N–H and O–H groups in total. The lowest BCUT2D eigenvalue weighted by Crippen LogP contribution is -2.43. The molecule has 1 aliphatic heterocycles. The Morgan fingerprint density at radius 2 is 1.93 bits per heavy atom. The summed E-state index contributed by atoms with van der Waals surface area (Å²) in [4.78, 5) is 14.2. The van der Waals surface area contributed by atoms with Crippen molar-refractivity contribution in [3.8, 4) is 11.5 Å². The van der Waals surface area contributed by atoms with Crippen molar-refractivity contribution in [2.24, 2.45) is 0 Å². The lowest BCUT2D eigenvalue weighted by molar-refractivity contribution is -0.116. The van der Waals surface area contributed by atoms with Gasteiger partial charge in [0, 0.05) is 18.7 Å². The summed E-state index contributed by atoms with van der Waals surface area (Å²) in [5.74, 6) is 1.50. The van der Waals surface area contributed by atoms with E-state index in [2.05, 4.69) is 10.2 Å². The molecule has 0 aliphatic carbocycles. The number of para-hydroxylation sites is 2. The first-order valence-electron chi connectivity index (χ1n) is 8.86. The van der Waals surface area contributed by atoms with Crippen LogP contribution in [0, 0.1) is 0 Å². The van der Waals surface area contributed by atoms with Crippen molar-refractivity contribution in [1.82, 2.24) is 4.90 Å². The molecule has 7 heteroatoms. The largest absolute Gasteiger partial charge is 0.484 e. The van der Waals surface area contributed by atoms with Crippen molar-refractivity contribution in [2.75, 3.05) is 25.5 Å². The number of rotatable bonds is 7. The van der Waals surface area contributed by atoms with Crippen LogP contribution in [0.15, 0.2) is 42.5 Å². The number of hydrogen-bond donors (Lipinski definition) is 1. The number of likely N-dealkylation sites (N-methyl/N-ethyl adjacent to an activating group) is 1. The lowest BCUT2D eigenvalue weighted by Gasteiger charge is -2.32. The van der Waals surface area contributed by atoms with Crippen molar-refractivity contribution in [1.29, 1.82) is 0 Å². The minimum atomic E-state index is -0.120. The summed E-state index contributed by atoms with van der Waals surface area (Å²) in [7, 11) is 2.00. The van der Waals surface area contributed by atoms with Gasteiger partial charge in [-0.2, -0.15) is 0 Å². The summed E-state index contributed by atoms with van der Waals surface area (Å²) in [6.45, 7) is 1.31. The summed E-state index contributed by atoms with van der Waals surface area (Å²) in [6.07, 6.45) is 1.98. The highest BCUT2D eigenvalue weighted by atomic mass is 35.5. The number of ether oxygens (including phenoxy) is 2. The minimum Gasteiger partial charge on any atom is -0.484 e. The lowest BCUT2D eigenvalue weighted by atomic mass is 10.2. The molecule has 1 unspecified atom stereocenters. The second kappa shape index (κ2) is 9.31. The highest BCUT2D eigenvalue weighted by molar-refractivity contribution is 6.42. The van der Waals surface area contributed by atoms with Gasteiger partial charge in [0.1, 0.15) is 6.61 Å². The van der Waals surface area contributed by atoms with Crippen LogP contribution in [0.2, 0.25) is 10.0 Å². The molecule has 1 amide bonds. The van der Waals surface area contributed by atoms with E-state index in [4.69, 9.17) is 32.7 Å². The van der Waals surface area contributed by atoms with E-state index in [9.17, 15) is 4.79 Å². The zero-order valence-corrected chi connectivity index (χ0v) is 16.6. The number of fused-ring (bicyclic) bond motifs is 1. The Morgan fingerprint density at radius 3 is 2.70 bits per heavy atom. The quantitative estimate of drug-likeness (QED) is 0.666. The Labute approximate surface area is 169 Å². The van der Waals surface area contributed by atoms with Gasteiger partial charge < -0.3 is 14.8 Å². The van der Waals surface area contributed by atoms with E-state index in [0.717, 1.165) is 30.9 Å². The number of halogens is 2. The van der Waals surface area contributed by atoms with E-state index in [1.54, 1.807) is 18.2 Å². The smallest absolute Gasteiger partial charge is 0.224 e. The SMILES string of the molecule is CN(CCCCC(=O)Nc1ccc(Cl)c(Cl)c1)C1COc2ccccc2O1. The molecule has 2 aromatic rings.